The van der Waals surface area contributed by atoms with E-state index >= 15 is 0 Å². The van der Waals surface area contributed by atoms with Gasteiger partial charge in [-0.2, -0.15) is 0 Å². The second kappa shape index (κ2) is 28.1. The summed E-state index contributed by atoms with van der Waals surface area (Å²) in [5.74, 6) is -3.20. The van der Waals surface area contributed by atoms with Crippen LogP contribution in [0.25, 0.3) is 0 Å². The summed E-state index contributed by atoms with van der Waals surface area (Å²) >= 11 is 0. The number of rotatable bonds is 26. The molecule has 0 saturated carbocycles. The summed E-state index contributed by atoms with van der Waals surface area (Å²) in [4.78, 5) is 41.3. The molecular weight excluding hydrogens is 991 g/mol. The highest BCUT2D eigenvalue weighted by Gasteiger charge is 2.53. The molecule has 0 radical (unpaired) electrons. The minimum absolute atomic E-state index is 0.00980. The summed E-state index contributed by atoms with van der Waals surface area (Å²) < 4.78 is 86.7. The van der Waals surface area contributed by atoms with E-state index in [1.807, 2.05) is 73.8 Å². The lowest BCUT2D eigenvalue weighted by molar-refractivity contribution is -0.269. The van der Waals surface area contributed by atoms with Gasteiger partial charge in [-0.25, -0.2) is 9.59 Å². The lowest BCUT2D eigenvalue weighted by Gasteiger charge is -2.48. The van der Waals surface area contributed by atoms with E-state index in [0.29, 0.717) is 60.7 Å². The molecule has 2 saturated heterocycles. The Morgan fingerprint density at radius 2 is 1.05 bits per heavy atom. The number of cyclic esters (lactones) is 2. The van der Waals surface area contributed by atoms with E-state index in [-0.39, 0.29) is 47.1 Å². The lowest BCUT2D eigenvalue weighted by atomic mass is 9.77. The Bertz CT molecular complexity index is 1990. The van der Waals surface area contributed by atoms with Crippen LogP contribution in [0.4, 0.5) is 0 Å². The van der Waals surface area contributed by atoms with Crippen LogP contribution in [0.5, 0.6) is 0 Å². The molecule has 0 spiro atoms. The molecule has 0 amide bonds. The number of carbonyl (C=O) groups is 3. The SMILES string of the molecule is C=CC[C@](C[C@@H](C)C=O)(OC)[C@H](O[C@@H]1O[C@H](C)CC(N(C)C)[C@H]1P=O)[C@H](C)C1=C(C)C(=O)OC(C)(C)O1.C=CC[C@](C[C@@H](C)CC)(OC)[C@H](O[C@@H]1O[C@H](C)CC(N(C)C)[C@H]1P=O)[C@H](C)C1=C(C)C(=O)OC(C)(C)O1. The standard InChI is InChI=1S/C28H48NO7P.C27H44NO8P/c1-12-14-28(32-11,16-17(3)13-2)24(19(5)22-20(6)25(30)36-27(7,8)35-22)34-26-23(37-31)21(29(9)10)15-18(4)33-26;1-11-12-27(32-10,14-16(2)15-29)23(18(4)21-19(5)24(30)36-26(6,7)35-21)34-25-22(37-31)20(28(8)9)13-17(3)33-25/h12,17-19,21,23-24,26H,1,13-16H2,2-11H3;11,15-18,20,22-23,25H,1,12-14H2,2-10H3/t17-,18+,19+,21?,23+,24+,26-,28+;16-,17-,18-,20?,22-,23-,25+,27-/m01/s1. The smallest absolute Gasteiger partial charge is 0.340 e. The third kappa shape index (κ3) is 16.1. The van der Waals surface area contributed by atoms with Crippen molar-refractivity contribution in [2.24, 2.45) is 23.7 Å². The molecule has 17 nitrogen and oxygen atoms in total. The van der Waals surface area contributed by atoms with Gasteiger partial charge >= 0.3 is 11.9 Å². The van der Waals surface area contributed by atoms with Gasteiger partial charge in [0, 0.05) is 71.8 Å². The molecule has 2 unspecified atom stereocenters. The normalized spacial score (nSPS) is 30.2. The summed E-state index contributed by atoms with van der Waals surface area (Å²) in [5, 5.41) is 0. The summed E-state index contributed by atoms with van der Waals surface area (Å²) in [6.07, 6.45) is 5.57. The van der Waals surface area contributed by atoms with Crippen molar-refractivity contribution in [3.63, 3.8) is 0 Å². The van der Waals surface area contributed by atoms with E-state index < -0.39 is 82.7 Å². The molecule has 2 fully saturated rings. The van der Waals surface area contributed by atoms with Crippen molar-refractivity contribution in [3.8, 4) is 0 Å². The van der Waals surface area contributed by atoms with Gasteiger partial charge in [0.15, 0.2) is 29.5 Å². The minimum Gasteiger partial charge on any atom is -0.456 e. The van der Waals surface area contributed by atoms with Crippen LogP contribution >= 0.6 is 16.9 Å². The van der Waals surface area contributed by atoms with Crippen molar-refractivity contribution in [1.29, 1.82) is 0 Å². The van der Waals surface area contributed by atoms with Gasteiger partial charge in [0.1, 0.15) is 29.1 Å². The molecule has 4 rings (SSSR count). The topological polar surface area (TPSA) is 184 Å². The zero-order valence-electron chi connectivity index (χ0n) is 48.1. The molecule has 0 aromatic carbocycles. The molecule has 422 valence electrons. The fraction of sp³-hybridized carbons (Fsp3) is 0.800. The minimum atomic E-state index is -1.17. The first-order chi connectivity index (χ1) is 34.5. The molecule has 0 aromatic rings. The van der Waals surface area contributed by atoms with Crippen LogP contribution in [0.2, 0.25) is 0 Å². The fourth-order valence-electron chi connectivity index (χ4n) is 10.9. The average molecular weight is 1080 g/mol. The third-order valence-electron chi connectivity index (χ3n) is 15.0. The Labute approximate surface area is 446 Å². The van der Waals surface area contributed by atoms with Crippen molar-refractivity contribution < 1.29 is 70.9 Å². The van der Waals surface area contributed by atoms with E-state index in [0.717, 1.165) is 19.1 Å². The van der Waals surface area contributed by atoms with Crippen LogP contribution in [-0.4, -0.2) is 154 Å². The van der Waals surface area contributed by atoms with Gasteiger partial charge in [0.05, 0.1) is 46.8 Å². The summed E-state index contributed by atoms with van der Waals surface area (Å²) in [6.45, 7) is 32.0. The maximum Gasteiger partial charge on any atom is 0.340 e. The van der Waals surface area contributed by atoms with Crippen molar-refractivity contribution in [2.75, 3.05) is 42.4 Å². The zero-order valence-corrected chi connectivity index (χ0v) is 49.9. The van der Waals surface area contributed by atoms with Crippen LogP contribution < -0.4 is 0 Å². The van der Waals surface area contributed by atoms with Crippen LogP contribution in [0.3, 0.4) is 0 Å². The predicted octanol–water partition coefficient (Wildman–Crippen LogP) is 10.2. The lowest BCUT2D eigenvalue weighted by Crippen LogP contribution is -2.58. The summed E-state index contributed by atoms with van der Waals surface area (Å²) in [5.41, 5.74) is -1.95. The number of ether oxygens (including phenoxy) is 10. The Balaban J connectivity index is 0.000000390. The Morgan fingerprint density at radius 1 is 0.689 bits per heavy atom. The molecule has 0 aliphatic carbocycles. The monoisotopic (exact) mass is 1080 g/mol. The molecule has 4 heterocycles. The van der Waals surface area contributed by atoms with Gasteiger partial charge in [0.25, 0.3) is 0 Å². The van der Waals surface area contributed by atoms with E-state index in [2.05, 4.69) is 31.9 Å². The van der Waals surface area contributed by atoms with Crippen LogP contribution in [0.1, 0.15) is 135 Å². The maximum absolute atomic E-state index is 12.7. The molecule has 4 aliphatic rings. The van der Waals surface area contributed by atoms with Crippen molar-refractivity contribution in [3.05, 3.63) is 48.0 Å². The van der Waals surface area contributed by atoms with Gasteiger partial charge in [0.2, 0.25) is 11.6 Å². The quantitative estimate of drug-likeness (QED) is 0.0345. The predicted molar refractivity (Wildman–Crippen MR) is 285 cm³/mol. The van der Waals surface area contributed by atoms with Crippen molar-refractivity contribution >= 4 is 35.1 Å². The number of hydrogen-bond donors (Lipinski definition) is 0. The highest BCUT2D eigenvalue weighted by Crippen LogP contribution is 2.46. The number of methoxy groups -OCH3 is 2. The zero-order chi connectivity index (χ0) is 56.3. The number of aldehydes is 1. The molecule has 0 bridgehead atoms. The van der Waals surface area contributed by atoms with Crippen LogP contribution in [-0.2, 0) is 70.9 Å². The number of hydrogen-bond acceptors (Lipinski definition) is 17. The molecule has 19 heteroatoms. The summed E-state index contributed by atoms with van der Waals surface area (Å²) in [6, 6.07) is -0.0366. The molecule has 0 N–H and O–H groups in total. The number of carbonyl (C=O) groups excluding carboxylic acids is 3. The van der Waals surface area contributed by atoms with E-state index in [1.165, 1.54) is 0 Å². The molecule has 16 atom stereocenters. The van der Waals surface area contributed by atoms with E-state index in [9.17, 15) is 23.5 Å². The molecule has 74 heavy (non-hydrogen) atoms. The molecule has 4 aliphatic heterocycles. The first-order valence-electron chi connectivity index (χ1n) is 26.1. The van der Waals surface area contributed by atoms with Crippen molar-refractivity contribution in [2.45, 2.75) is 218 Å². The Kier molecular flexibility index (Phi) is 24.8. The van der Waals surface area contributed by atoms with E-state index in [1.54, 1.807) is 61.8 Å². The van der Waals surface area contributed by atoms with Crippen LogP contribution in [0.15, 0.2) is 48.0 Å². The number of esters is 2. The van der Waals surface area contributed by atoms with Crippen LogP contribution in [0, 0.1) is 23.7 Å². The second-order valence-electron chi connectivity index (χ2n) is 22.4. The Hall–Kier alpha value is -2.95. The van der Waals surface area contributed by atoms with Gasteiger partial charge < -0.3 is 62.0 Å². The average Bonchev–Trinajstić information content (AvgIpc) is 3.33. The highest BCUT2D eigenvalue weighted by atomic mass is 31.1. The number of nitrogens with zero attached hydrogens (tertiary/aromatic N) is 2. The molecule has 0 aromatic heterocycles. The third-order valence-corrected chi connectivity index (χ3v) is 16.6. The Morgan fingerprint density at radius 3 is 1.35 bits per heavy atom. The second-order valence-corrected chi connectivity index (χ2v) is 24.0. The largest absolute Gasteiger partial charge is 0.456 e. The highest BCUT2D eigenvalue weighted by molar-refractivity contribution is 7.25. The van der Waals surface area contributed by atoms with Gasteiger partial charge in [-0.3, -0.25) is 9.13 Å². The fourth-order valence-corrected chi connectivity index (χ4v) is 12.5. The maximum atomic E-state index is 12.7. The van der Waals surface area contributed by atoms with Crippen molar-refractivity contribution in [1.82, 2.24) is 9.80 Å². The van der Waals surface area contributed by atoms with Gasteiger partial charge in [-0.15, -0.1) is 13.2 Å². The molecular formula is C55H92N2O15P2. The van der Waals surface area contributed by atoms with E-state index in [4.69, 9.17) is 47.4 Å². The van der Waals surface area contributed by atoms with Gasteiger partial charge in [-0.05, 0) is 100 Å². The van der Waals surface area contributed by atoms with Gasteiger partial charge in [-0.1, -0.05) is 53.2 Å². The first kappa shape index (κ1) is 65.3. The summed E-state index contributed by atoms with van der Waals surface area (Å²) in [7, 11) is 11.0. The first-order valence-corrected chi connectivity index (χ1v) is 27.9.